The number of methoxy groups -OCH3 is 1. The number of hydrogen-bond donors (Lipinski definition) is 1. The molecule has 0 fully saturated rings. The molecule has 1 aromatic rings. The summed E-state index contributed by atoms with van der Waals surface area (Å²) in [7, 11) is 1.59. The Bertz CT molecular complexity index is 296. The summed E-state index contributed by atoms with van der Waals surface area (Å²) in [6.45, 7) is 0.329. The second-order valence-corrected chi connectivity index (χ2v) is 2.71. The van der Waals surface area contributed by atoms with Gasteiger partial charge in [0.05, 0.1) is 7.11 Å². The van der Waals surface area contributed by atoms with Crippen molar-refractivity contribution in [1.82, 2.24) is 0 Å². The van der Waals surface area contributed by atoms with Crippen molar-refractivity contribution >= 4 is 0 Å². The molecule has 1 aromatic carbocycles. The highest BCUT2D eigenvalue weighted by Gasteiger charge is 2.24. The summed E-state index contributed by atoms with van der Waals surface area (Å²) >= 11 is 0. The molecule has 0 aliphatic carbocycles. The predicted octanol–water partition coefficient (Wildman–Crippen LogP) is 1.12. The van der Waals surface area contributed by atoms with Crippen LogP contribution < -0.4 is 9.47 Å². The van der Waals surface area contributed by atoms with Gasteiger partial charge in [-0.1, -0.05) is 12.1 Å². The van der Waals surface area contributed by atoms with Gasteiger partial charge in [0.1, 0.15) is 12.7 Å². The third kappa shape index (κ3) is 0.940. The maximum atomic E-state index is 9.42. The SMILES string of the molecule is COc1cccc2c1OC[C@@H]2O. The van der Waals surface area contributed by atoms with Gasteiger partial charge in [-0.3, -0.25) is 0 Å². The Balaban J connectivity index is 2.50. The van der Waals surface area contributed by atoms with Crippen LogP contribution in [0.2, 0.25) is 0 Å². The molecule has 3 heteroatoms. The van der Waals surface area contributed by atoms with E-state index in [1.807, 2.05) is 18.2 Å². The van der Waals surface area contributed by atoms with Gasteiger partial charge < -0.3 is 14.6 Å². The van der Waals surface area contributed by atoms with Crippen LogP contribution in [0.1, 0.15) is 11.7 Å². The van der Waals surface area contributed by atoms with Crippen molar-refractivity contribution in [2.75, 3.05) is 13.7 Å². The van der Waals surface area contributed by atoms with E-state index < -0.39 is 6.10 Å². The molecule has 1 aliphatic rings. The van der Waals surface area contributed by atoms with Gasteiger partial charge in [-0.15, -0.1) is 0 Å². The van der Waals surface area contributed by atoms with Crippen molar-refractivity contribution in [2.24, 2.45) is 0 Å². The zero-order valence-electron chi connectivity index (χ0n) is 6.78. The van der Waals surface area contributed by atoms with E-state index in [0.29, 0.717) is 18.1 Å². The summed E-state index contributed by atoms with van der Waals surface area (Å²) < 4.78 is 10.3. The normalized spacial score (nSPS) is 20.0. The third-order valence-electron chi connectivity index (χ3n) is 1.97. The van der Waals surface area contributed by atoms with E-state index in [2.05, 4.69) is 0 Å². The van der Waals surface area contributed by atoms with Crippen LogP contribution in [0, 0.1) is 0 Å². The number of benzene rings is 1. The molecule has 1 aliphatic heterocycles. The molecular formula is C9H10O3. The van der Waals surface area contributed by atoms with Gasteiger partial charge in [-0.2, -0.15) is 0 Å². The molecule has 64 valence electrons. The number of para-hydroxylation sites is 1. The first-order valence-corrected chi connectivity index (χ1v) is 3.80. The highest BCUT2D eigenvalue weighted by Crippen LogP contribution is 2.39. The fourth-order valence-corrected chi connectivity index (χ4v) is 1.36. The van der Waals surface area contributed by atoms with Crippen molar-refractivity contribution in [3.8, 4) is 11.5 Å². The Morgan fingerprint density at radius 1 is 1.58 bits per heavy atom. The Morgan fingerprint density at radius 2 is 2.42 bits per heavy atom. The fourth-order valence-electron chi connectivity index (χ4n) is 1.36. The molecular weight excluding hydrogens is 156 g/mol. The number of aliphatic hydroxyl groups excluding tert-OH is 1. The van der Waals surface area contributed by atoms with Gasteiger partial charge in [0.25, 0.3) is 0 Å². The van der Waals surface area contributed by atoms with E-state index in [9.17, 15) is 5.11 Å². The topological polar surface area (TPSA) is 38.7 Å². The van der Waals surface area contributed by atoms with E-state index in [-0.39, 0.29) is 0 Å². The molecule has 0 saturated carbocycles. The zero-order valence-corrected chi connectivity index (χ0v) is 6.78. The third-order valence-corrected chi connectivity index (χ3v) is 1.97. The maximum absolute atomic E-state index is 9.42. The summed E-state index contributed by atoms with van der Waals surface area (Å²) in [5.41, 5.74) is 0.814. The lowest BCUT2D eigenvalue weighted by Crippen LogP contribution is -1.97. The Hall–Kier alpha value is -1.22. The van der Waals surface area contributed by atoms with E-state index in [0.717, 1.165) is 5.56 Å². The van der Waals surface area contributed by atoms with E-state index in [1.165, 1.54) is 0 Å². The molecule has 0 unspecified atom stereocenters. The van der Waals surface area contributed by atoms with Crippen LogP contribution in [0.5, 0.6) is 11.5 Å². The smallest absolute Gasteiger partial charge is 0.167 e. The van der Waals surface area contributed by atoms with Crippen LogP contribution in [0.3, 0.4) is 0 Å². The minimum atomic E-state index is -0.505. The highest BCUT2D eigenvalue weighted by atomic mass is 16.5. The Morgan fingerprint density at radius 3 is 3.17 bits per heavy atom. The van der Waals surface area contributed by atoms with Crippen molar-refractivity contribution in [3.63, 3.8) is 0 Å². The summed E-state index contributed by atoms with van der Waals surface area (Å²) in [5, 5.41) is 9.42. The van der Waals surface area contributed by atoms with Crippen molar-refractivity contribution < 1.29 is 14.6 Å². The lowest BCUT2D eigenvalue weighted by molar-refractivity contribution is 0.139. The first-order chi connectivity index (χ1) is 5.83. The Labute approximate surface area is 70.5 Å². The summed E-state index contributed by atoms with van der Waals surface area (Å²) in [6, 6.07) is 5.50. The standard InChI is InChI=1S/C9H10O3/c1-11-8-4-2-3-6-7(10)5-12-9(6)8/h2-4,7,10H,5H2,1H3/t7-/m0/s1. The zero-order chi connectivity index (χ0) is 8.55. The van der Waals surface area contributed by atoms with E-state index in [1.54, 1.807) is 7.11 Å². The average Bonchev–Trinajstić information content (AvgIpc) is 2.48. The van der Waals surface area contributed by atoms with Crippen LogP contribution in [-0.4, -0.2) is 18.8 Å². The second-order valence-electron chi connectivity index (χ2n) is 2.71. The summed E-state index contributed by atoms with van der Waals surface area (Å²) in [6.07, 6.45) is -0.505. The van der Waals surface area contributed by atoms with Gasteiger partial charge >= 0.3 is 0 Å². The first kappa shape index (κ1) is 7.43. The lowest BCUT2D eigenvalue weighted by atomic mass is 10.1. The molecule has 1 N–H and O–H groups in total. The second kappa shape index (κ2) is 2.68. The molecule has 1 atom stereocenters. The molecule has 2 rings (SSSR count). The number of rotatable bonds is 1. The minimum absolute atomic E-state index is 0.329. The number of ether oxygens (including phenoxy) is 2. The molecule has 12 heavy (non-hydrogen) atoms. The Kier molecular flexibility index (Phi) is 1.66. The van der Waals surface area contributed by atoms with Gasteiger partial charge in [0, 0.05) is 5.56 Å². The van der Waals surface area contributed by atoms with Crippen molar-refractivity contribution in [2.45, 2.75) is 6.10 Å². The first-order valence-electron chi connectivity index (χ1n) is 3.80. The molecule has 1 heterocycles. The highest BCUT2D eigenvalue weighted by molar-refractivity contribution is 5.49. The average molecular weight is 166 g/mol. The van der Waals surface area contributed by atoms with E-state index in [4.69, 9.17) is 9.47 Å². The summed E-state index contributed by atoms with van der Waals surface area (Å²) in [4.78, 5) is 0. The van der Waals surface area contributed by atoms with Crippen LogP contribution in [-0.2, 0) is 0 Å². The van der Waals surface area contributed by atoms with Crippen molar-refractivity contribution in [1.29, 1.82) is 0 Å². The van der Waals surface area contributed by atoms with Crippen LogP contribution >= 0.6 is 0 Å². The predicted molar refractivity (Wildman–Crippen MR) is 43.4 cm³/mol. The monoisotopic (exact) mass is 166 g/mol. The van der Waals surface area contributed by atoms with Gasteiger partial charge in [0.2, 0.25) is 0 Å². The number of hydrogen-bond acceptors (Lipinski definition) is 3. The van der Waals surface area contributed by atoms with Crippen LogP contribution in [0.25, 0.3) is 0 Å². The molecule has 0 bridgehead atoms. The largest absolute Gasteiger partial charge is 0.493 e. The number of aliphatic hydroxyl groups is 1. The summed E-state index contributed by atoms with van der Waals surface area (Å²) in [5.74, 6) is 1.36. The minimum Gasteiger partial charge on any atom is -0.493 e. The number of fused-ring (bicyclic) bond motifs is 1. The molecule has 0 radical (unpaired) electrons. The maximum Gasteiger partial charge on any atom is 0.167 e. The van der Waals surface area contributed by atoms with Gasteiger partial charge in [-0.25, -0.2) is 0 Å². The molecule has 0 saturated heterocycles. The quantitative estimate of drug-likeness (QED) is 0.679. The molecule has 3 nitrogen and oxygen atoms in total. The molecule has 0 amide bonds. The fraction of sp³-hybridized carbons (Fsp3) is 0.333. The lowest BCUT2D eigenvalue weighted by Gasteiger charge is -2.04. The van der Waals surface area contributed by atoms with Crippen LogP contribution in [0.4, 0.5) is 0 Å². The van der Waals surface area contributed by atoms with Crippen molar-refractivity contribution in [3.05, 3.63) is 23.8 Å². The van der Waals surface area contributed by atoms with Gasteiger partial charge in [0.15, 0.2) is 11.5 Å². The van der Waals surface area contributed by atoms with Gasteiger partial charge in [-0.05, 0) is 6.07 Å². The van der Waals surface area contributed by atoms with E-state index >= 15 is 0 Å². The van der Waals surface area contributed by atoms with Crippen LogP contribution in [0.15, 0.2) is 18.2 Å². The molecule has 0 aromatic heterocycles. The molecule has 0 spiro atoms.